The van der Waals surface area contributed by atoms with Gasteiger partial charge in [0.15, 0.2) is 0 Å². The van der Waals surface area contributed by atoms with Crippen LogP contribution in [0.1, 0.15) is 25.5 Å². The standard InChI is InChI=1S/C13H21N5O/c1-3-5-15-13-16-9(2)7-11(17-13)18-6-4-10(8-18)12(14)19/h7,10H,3-6,8H2,1-2H3,(H2,14,19)(H,15,16,17). The maximum Gasteiger partial charge on any atom is 0.224 e. The lowest BCUT2D eigenvalue weighted by atomic mass is 10.1. The Kier molecular flexibility index (Phi) is 4.19. The van der Waals surface area contributed by atoms with Crippen LogP contribution in [-0.4, -0.2) is 35.5 Å². The third kappa shape index (κ3) is 3.33. The molecule has 2 rings (SSSR count). The zero-order valence-corrected chi connectivity index (χ0v) is 11.5. The van der Waals surface area contributed by atoms with Gasteiger partial charge in [-0.1, -0.05) is 6.92 Å². The Labute approximate surface area is 113 Å². The van der Waals surface area contributed by atoms with Crippen LogP contribution in [0.25, 0.3) is 0 Å². The summed E-state index contributed by atoms with van der Waals surface area (Å²) in [5.74, 6) is 1.23. The SMILES string of the molecule is CCCNc1nc(C)cc(N2CCC(C(N)=O)C2)n1. The van der Waals surface area contributed by atoms with Gasteiger partial charge in [-0.05, 0) is 19.8 Å². The molecule has 0 aromatic carbocycles. The lowest BCUT2D eigenvalue weighted by Crippen LogP contribution is -2.28. The zero-order chi connectivity index (χ0) is 13.8. The first-order valence-corrected chi connectivity index (χ1v) is 6.74. The molecule has 0 radical (unpaired) electrons. The molecule has 2 heterocycles. The van der Waals surface area contributed by atoms with E-state index in [-0.39, 0.29) is 11.8 Å². The number of nitrogens with zero attached hydrogens (tertiary/aromatic N) is 3. The van der Waals surface area contributed by atoms with Gasteiger partial charge in [-0.2, -0.15) is 4.98 Å². The molecule has 1 aliphatic rings. The summed E-state index contributed by atoms with van der Waals surface area (Å²) in [6.45, 7) is 6.37. The average molecular weight is 263 g/mol. The molecule has 1 aromatic heterocycles. The van der Waals surface area contributed by atoms with Crippen LogP contribution in [0.2, 0.25) is 0 Å². The van der Waals surface area contributed by atoms with E-state index >= 15 is 0 Å². The number of aromatic nitrogens is 2. The van der Waals surface area contributed by atoms with Crippen molar-refractivity contribution in [1.82, 2.24) is 9.97 Å². The molecular formula is C13H21N5O. The van der Waals surface area contributed by atoms with Gasteiger partial charge in [0.25, 0.3) is 0 Å². The minimum absolute atomic E-state index is 0.0673. The molecule has 0 saturated carbocycles. The lowest BCUT2D eigenvalue weighted by molar-refractivity contribution is -0.121. The smallest absolute Gasteiger partial charge is 0.224 e. The number of aryl methyl sites for hydroxylation is 1. The number of primary amides is 1. The molecule has 0 spiro atoms. The van der Waals surface area contributed by atoms with Crippen LogP contribution in [-0.2, 0) is 4.79 Å². The molecule has 1 aliphatic heterocycles. The molecule has 104 valence electrons. The van der Waals surface area contributed by atoms with E-state index in [1.165, 1.54) is 0 Å². The normalized spacial score (nSPS) is 18.6. The lowest BCUT2D eigenvalue weighted by Gasteiger charge is -2.18. The summed E-state index contributed by atoms with van der Waals surface area (Å²) in [5, 5.41) is 3.19. The highest BCUT2D eigenvalue weighted by Gasteiger charge is 2.27. The summed E-state index contributed by atoms with van der Waals surface area (Å²) in [5.41, 5.74) is 6.28. The number of nitrogens with two attached hydrogens (primary N) is 1. The topological polar surface area (TPSA) is 84.1 Å². The highest BCUT2D eigenvalue weighted by atomic mass is 16.1. The maximum absolute atomic E-state index is 11.2. The summed E-state index contributed by atoms with van der Waals surface area (Å²) in [6, 6.07) is 1.94. The van der Waals surface area contributed by atoms with E-state index < -0.39 is 0 Å². The van der Waals surface area contributed by atoms with E-state index in [2.05, 4.69) is 27.1 Å². The van der Waals surface area contributed by atoms with E-state index in [9.17, 15) is 4.79 Å². The number of carbonyl (C=O) groups is 1. The number of amides is 1. The highest BCUT2D eigenvalue weighted by Crippen LogP contribution is 2.23. The van der Waals surface area contributed by atoms with Gasteiger partial charge in [0.1, 0.15) is 5.82 Å². The van der Waals surface area contributed by atoms with Crippen molar-refractivity contribution in [2.75, 3.05) is 29.9 Å². The molecule has 1 unspecified atom stereocenters. The summed E-state index contributed by atoms with van der Waals surface area (Å²) in [4.78, 5) is 22.2. The molecule has 1 amide bonds. The van der Waals surface area contributed by atoms with Gasteiger partial charge in [-0.25, -0.2) is 4.98 Å². The average Bonchev–Trinajstić information content (AvgIpc) is 2.85. The van der Waals surface area contributed by atoms with Gasteiger partial charge in [-0.3, -0.25) is 4.79 Å². The van der Waals surface area contributed by atoms with Crippen molar-refractivity contribution >= 4 is 17.7 Å². The van der Waals surface area contributed by atoms with Crippen molar-refractivity contribution in [3.05, 3.63) is 11.8 Å². The van der Waals surface area contributed by atoms with E-state index in [1.54, 1.807) is 0 Å². The summed E-state index contributed by atoms with van der Waals surface area (Å²) < 4.78 is 0. The minimum Gasteiger partial charge on any atom is -0.369 e. The predicted octanol–water partition coefficient (Wildman–Crippen LogP) is 0.919. The van der Waals surface area contributed by atoms with Gasteiger partial charge in [0.2, 0.25) is 11.9 Å². The molecule has 0 aliphatic carbocycles. The Morgan fingerprint density at radius 3 is 3.00 bits per heavy atom. The molecule has 0 bridgehead atoms. The Morgan fingerprint density at radius 1 is 1.58 bits per heavy atom. The van der Waals surface area contributed by atoms with Crippen molar-refractivity contribution in [1.29, 1.82) is 0 Å². The van der Waals surface area contributed by atoms with Crippen LogP contribution < -0.4 is 16.0 Å². The fourth-order valence-electron chi connectivity index (χ4n) is 2.23. The molecule has 1 aromatic rings. The third-order valence-corrected chi connectivity index (χ3v) is 3.29. The Balaban J connectivity index is 2.11. The first kappa shape index (κ1) is 13.6. The molecule has 1 saturated heterocycles. The van der Waals surface area contributed by atoms with Gasteiger partial charge >= 0.3 is 0 Å². The van der Waals surface area contributed by atoms with Gasteiger partial charge in [-0.15, -0.1) is 0 Å². The molecule has 6 heteroatoms. The van der Waals surface area contributed by atoms with Crippen molar-refractivity contribution < 1.29 is 4.79 Å². The number of rotatable bonds is 5. The van der Waals surface area contributed by atoms with Gasteiger partial charge in [0.05, 0.1) is 5.92 Å². The summed E-state index contributed by atoms with van der Waals surface area (Å²) in [7, 11) is 0. The second-order valence-corrected chi connectivity index (χ2v) is 4.95. The summed E-state index contributed by atoms with van der Waals surface area (Å²) >= 11 is 0. The van der Waals surface area contributed by atoms with Crippen LogP contribution >= 0.6 is 0 Å². The number of nitrogens with one attached hydrogen (secondary N) is 1. The number of hydrogen-bond acceptors (Lipinski definition) is 5. The van der Waals surface area contributed by atoms with Crippen molar-refractivity contribution in [2.24, 2.45) is 11.7 Å². The van der Waals surface area contributed by atoms with Gasteiger partial charge in [0, 0.05) is 31.4 Å². The largest absolute Gasteiger partial charge is 0.369 e. The first-order chi connectivity index (χ1) is 9.10. The van der Waals surface area contributed by atoms with Crippen LogP contribution in [0, 0.1) is 12.8 Å². The molecule has 3 N–H and O–H groups in total. The Bertz CT molecular complexity index is 462. The van der Waals surface area contributed by atoms with E-state index in [0.717, 1.165) is 37.4 Å². The second-order valence-electron chi connectivity index (χ2n) is 4.95. The molecule has 6 nitrogen and oxygen atoms in total. The number of hydrogen-bond donors (Lipinski definition) is 2. The van der Waals surface area contributed by atoms with Crippen molar-refractivity contribution in [3.8, 4) is 0 Å². The Hall–Kier alpha value is -1.85. The van der Waals surface area contributed by atoms with E-state index in [0.29, 0.717) is 12.5 Å². The van der Waals surface area contributed by atoms with Crippen LogP contribution in [0.15, 0.2) is 6.07 Å². The van der Waals surface area contributed by atoms with Crippen LogP contribution in [0.5, 0.6) is 0 Å². The third-order valence-electron chi connectivity index (χ3n) is 3.29. The van der Waals surface area contributed by atoms with Crippen molar-refractivity contribution in [3.63, 3.8) is 0 Å². The Morgan fingerprint density at radius 2 is 2.37 bits per heavy atom. The maximum atomic E-state index is 11.2. The predicted molar refractivity (Wildman–Crippen MR) is 75.1 cm³/mol. The van der Waals surface area contributed by atoms with E-state index in [4.69, 9.17) is 5.73 Å². The quantitative estimate of drug-likeness (QED) is 0.825. The van der Waals surface area contributed by atoms with Crippen LogP contribution in [0.4, 0.5) is 11.8 Å². The summed E-state index contributed by atoms with van der Waals surface area (Å²) in [6.07, 6.45) is 1.83. The molecular weight excluding hydrogens is 242 g/mol. The van der Waals surface area contributed by atoms with E-state index in [1.807, 2.05) is 13.0 Å². The fraction of sp³-hybridized carbons (Fsp3) is 0.615. The molecule has 1 atom stereocenters. The monoisotopic (exact) mass is 263 g/mol. The van der Waals surface area contributed by atoms with Crippen molar-refractivity contribution in [2.45, 2.75) is 26.7 Å². The molecule has 1 fully saturated rings. The fourth-order valence-corrected chi connectivity index (χ4v) is 2.23. The van der Waals surface area contributed by atoms with Gasteiger partial charge < -0.3 is 16.0 Å². The second kappa shape index (κ2) is 5.86. The highest BCUT2D eigenvalue weighted by molar-refractivity contribution is 5.78. The minimum atomic E-state index is -0.224. The number of anilines is 2. The van der Waals surface area contributed by atoms with Crippen LogP contribution in [0.3, 0.4) is 0 Å². The number of carbonyl (C=O) groups excluding carboxylic acids is 1. The molecule has 19 heavy (non-hydrogen) atoms. The first-order valence-electron chi connectivity index (χ1n) is 6.74. The zero-order valence-electron chi connectivity index (χ0n) is 11.5.